The maximum absolute atomic E-state index is 13.3. The standard InChI is InChI=1S/C23H19F3N6O4/c1-32-19-16(8-7-14(27-19)9-10-23(26,35)22(24)25)36-12-15(21(32)34)28-20(33)18-29-17(30-31-18)11-13-5-3-2-4-6-13/h2-8,15,22,35H,11-12H2,1H3,(H,28,33)(H,29,30,31)/t15-,23?/m0/s1. The van der Waals surface area contributed by atoms with E-state index in [0.29, 0.717) is 12.2 Å². The van der Waals surface area contributed by atoms with Crippen LogP contribution in [0.25, 0.3) is 0 Å². The molecule has 3 aromatic rings. The van der Waals surface area contributed by atoms with Gasteiger partial charge in [-0.05, 0) is 29.5 Å². The highest BCUT2D eigenvalue weighted by molar-refractivity contribution is 6.01. The maximum atomic E-state index is 13.3. The van der Waals surface area contributed by atoms with Gasteiger partial charge >= 0.3 is 12.3 Å². The maximum Gasteiger partial charge on any atom is 0.331 e. The van der Waals surface area contributed by atoms with E-state index >= 15 is 0 Å². The number of rotatable bonds is 5. The summed E-state index contributed by atoms with van der Waals surface area (Å²) in [6.07, 6.45) is -3.31. The molecule has 1 aliphatic rings. The molecular formula is C23H19F3N6O4. The lowest BCUT2D eigenvalue weighted by Gasteiger charge is -2.19. The number of hydrogen-bond acceptors (Lipinski definition) is 7. The number of nitrogens with zero attached hydrogens (tertiary/aromatic N) is 4. The Hall–Kier alpha value is -4.44. The van der Waals surface area contributed by atoms with Crippen LogP contribution in [0.4, 0.5) is 19.0 Å². The van der Waals surface area contributed by atoms with Gasteiger partial charge in [0.1, 0.15) is 24.2 Å². The van der Waals surface area contributed by atoms with Crippen LogP contribution >= 0.6 is 0 Å². The highest BCUT2D eigenvalue weighted by Crippen LogP contribution is 2.29. The third-order valence-corrected chi connectivity index (χ3v) is 5.10. The Labute approximate surface area is 202 Å². The number of likely N-dealkylation sites (N-methyl/N-ethyl adjacent to an activating group) is 1. The number of anilines is 1. The number of halogens is 3. The number of pyridine rings is 1. The fourth-order valence-electron chi connectivity index (χ4n) is 3.24. The summed E-state index contributed by atoms with van der Waals surface area (Å²) >= 11 is 0. The smallest absolute Gasteiger partial charge is 0.331 e. The first-order valence-corrected chi connectivity index (χ1v) is 10.5. The number of benzene rings is 1. The number of amides is 2. The van der Waals surface area contributed by atoms with Gasteiger partial charge in [-0.1, -0.05) is 30.3 Å². The Balaban J connectivity index is 1.46. The first-order valence-electron chi connectivity index (χ1n) is 10.5. The summed E-state index contributed by atoms with van der Waals surface area (Å²) in [5, 5.41) is 18.1. The van der Waals surface area contributed by atoms with Gasteiger partial charge in [0.25, 0.3) is 11.8 Å². The summed E-state index contributed by atoms with van der Waals surface area (Å²) in [6.45, 7) is -0.245. The molecule has 36 heavy (non-hydrogen) atoms. The zero-order valence-electron chi connectivity index (χ0n) is 18.7. The zero-order chi connectivity index (χ0) is 25.9. The number of alkyl halides is 3. The number of ether oxygens (including phenoxy) is 1. The van der Waals surface area contributed by atoms with E-state index < -0.39 is 30.1 Å². The molecule has 0 aliphatic carbocycles. The molecule has 3 N–H and O–H groups in total. The number of H-pyrrole nitrogens is 1. The van der Waals surface area contributed by atoms with Gasteiger partial charge in [-0.15, -0.1) is 5.10 Å². The van der Waals surface area contributed by atoms with E-state index in [1.807, 2.05) is 36.3 Å². The molecule has 2 atom stereocenters. The minimum absolute atomic E-state index is 0.0361. The minimum Gasteiger partial charge on any atom is -0.487 e. The van der Waals surface area contributed by atoms with Gasteiger partial charge in [-0.25, -0.2) is 18.7 Å². The van der Waals surface area contributed by atoms with E-state index in [1.54, 1.807) is 0 Å². The van der Waals surface area contributed by atoms with E-state index in [0.717, 1.165) is 10.5 Å². The highest BCUT2D eigenvalue weighted by Gasteiger charge is 2.36. The molecule has 1 aliphatic heterocycles. The average Bonchev–Trinajstić information content (AvgIpc) is 3.29. The molecule has 0 bridgehead atoms. The minimum atomic E-state index is -4.01. The summed E-state index contributed by atoms with van der Waals surface area (Å²) in [5.41, 5.74) is 0.775. The van der Waals surface area contributed by atoms with Crippen LogP contribution in [0.15, 0.2) is 42.5 Å². The summed E-state index contributed by atoms with van der Waals surface area (Å²) in [7, 11) is 1.36. The van der Waals surface area contributed by atoms with Crippen LogP contribution in [0.3, 0.4) is 0 Å². The Kier molecular flexibility index (Phi) is 6.89. The van der Waals surface area contributed by atoms with Crippen molar-refractivity contribution in [1.82, 2.24) is 25.5 Å². The van der Waals surface area contributed by atoms with Crippen LogP contribution in [0.1, 0.15) is 27.7 Å². The molecule has 0 fully saturated rings. The van der Waals surface area contributed by atoms with Crippen molar-refractivity contribution >= 4 is 17.6 Å². The van der Waals surface area contributed by atoms with E-state index in [1.165, 1.54) is 25.1 Å². The summed E-state index contributed by atoms with van der Waals surface area (Å²) in [5.74, 6) is -1.51. The van der Waals surface area contributed by atoms with Gasteiger partial charge in [0.05, 0.1) is 0 Å². The van der Waals surface area contributed by atoms with Crippen LogP contribution in [-0.2, 0) is 11.2 Å². The predicted molar refractivity (Wildman–Crippen MR) is 119 cm³/mol. The molecule has 0 saturated heterocycles. The van der Waals surface area contributed by atoms with Crippen molar-refractivity contribution in [2.45, 2.75) is 24.7 Å². The van der Waals surface area contributed by atoms with E-state index in [2.05, 4.69) is 25.5 Å². The lowest BCUT2D eigenvalue weighted by molar-refractivity contribution is -0.141. The molecular weight excluding hydrogens is 481 g/mol. The number of aliphatic hydroxyl groups is 1. The third-order valence-electron chi connectivity index (χ3n) is 5.10. The van der Waals surface area contributed by atoms with Gasteiger partial charge < -0.3 is 15.2 Å². The molecule has 2 amide bonds. The third kappa shape index (κ3) is 5.44. The van der Waals surface area contributed by atoms with Gasteiger partial charge in [-0.3, -0.25) is 19.6 Å². The topological polar surface area (TPSA) is 133 Å². The molecule has 1 aromatic carbocycles. The SMILES string of the molecule is CN1C(=O)[C@@H](NC(=O)c2n[nH]c(Cc3ccccc3)n2)COc2ccc(C#CC(O)(F)C(F)F)nc21. The van der Waals surface area contributed by atoms with E-state index in [4.69, 9.17) is 9.84 Å². The van der Waals surface area contributed by atoms with E-state index in [-0.39, 0.29) is 29.7 Å². The largest absolute Gasteiger partial charge is 0.487 e. The van der Waals surface area contributed by atoms with E-state index in [9.17, 15) is 22.8 Å². The number of fused-ring (bicyclic) bond motifs is 1. The number of nitrogens with one attached hydrogen (secondary N) is 2. The van der Waals surface area contributed by atoms with Crippen molar-refractivity contribution in [3.05, 3.63) is 65.4 Å². The van der Waals surface area contributed by atoms with Crippen molar-refractivity contribution in [2.75, 3.05) is 18.6 Å². The molecule has 10 nitrogen and oxygen atoms in total. The Morgan fingerprint density at radius 1 is 1.31 bits per heavy atom. The molecule has 4 rings (SSSR count). The average molecular weight is 500 g/mol. The Bertz CT molecular complexity index is 1340. The summed E-state index contributed by atoms with van der Waals surface area (Å²) in [6, 6.07) is 10.9. The van der Waals surface area contributed by atoms with Crippen LogP contribution in [-0.4, -0.2) is 69.1 Å². The van der Waals surface area contributed by atoms with Crippen LogP contribution in [0, 0.1) is 11.8 Å². The number of carbonyl (C=O) groups is 2. The van der Waals surface area contributed by atoms with Crippen LogP contribution < -0.4 is 15.0 Å². The number of aromatic amines is 1. The second kappa shape index (κ2) is 10.0. The predicted octanol–water partition coefficient (Wildman–Crippen LogP) is 1.22. The first-order chi connectivity index (χ1) is 17.1. The summed E-state index contributed by atoms with van der Waals surface area (Å²) in [4.78, 5) is 34.9. The molecule has 1 unspecified atom stereocenters. The Morgan fingerprint density at radius 2 is 2.06 bits per heavy atom. The van der Waals surface area contributed by atoms with Crippen LogP contribution in [0.5, 0.6) is 5.75 Å². The normalized spacial score (nSPS) is 16.8. The first kappa shape index (κ1) is 24.7. The quantitative estimate of drug-likeness (QED) is 0.449. The molecule has 0 spiro atoms. The zero-order valence-corrected chi connectivity index (χ0v) is 18.7. The monoisotopic (exact) mass is 500 g/mol. The van der Waals surface area contributed by atoms with Gasteiger partial charge in [0.2, 0.25) is 5.82 Å². The highest BCUT2D eigenvalue weighted by atomic mass is 19.3. The molecule has 2 aromatic heterocycles. The lowest BCUT2D eigenvalue weighted by atomic mass is 10.1. The van der Waals surface area contributed by atoms with Crippen molar-refractivity contribution in [3.8, 4) is 17.6 Å². The van der Waals surface area contributed by atoms with Crippen molar-refractivity contribution in [2.24, 2.45) is 0 Å². The molecule has 0 saturated carbocycles. The molecule has 0 radical (unpaired) electrons. The number of carbonyl (C=O) groups excluding carboxylic acids is 2. The van der Waals surface area contributed by atoms with Crippen molar-refractivity contribution in [3.63, 3.8) is 0 Å². The van der Waals surface area contributed by atoms with Gasteiger partial charge in [0.15, 0.2) is 11.6 Å². The van der Waals surface area contributed by atoms with Crippen LogP contribution in [0.2, 0.25) is 0 Å². The second-order valence-corrected chi connectivity index (χ2v) is 7.74. The summed E-state index contributed by atoms with van der Waals surface area (Å²) < 4.78 is 43.8. The second-order valence-electron chi connectivity index (χ2n) is 7.74. The molecule has 13 heteroatoms. The van der Waals surface area contributed by atoms with Crippen molar-refractivity contribution < 1.29 is 32.6 Å². The van der Waals surface area contributed by atoms with Gasteiger partial charge in [0, 0.05) is 13.5 Å². The fourth-order valence-corrected chi connectivity index (χ4v) is 3.24. The fraction of sp³-hybridized carbons (Fsp3) is 0.261. The lowest BCUT2D eigenvalue weighted by Crippen LogP contribution is -2.49. The Morgan fingerprint density at radius 3 is 2.78 bits per heavy atom. The number of hydrogen-bond donors (Lipinski definition) is 3. The number of aromatic nitrogens is 4. The molecule has 3 heterocycles. The van der Waals surface area contributed by atoms with Crippen molar-refractivity contribution in [1.29, 1.82) is 0 Å². The molecule has 186 valence electrons. The van der Waals surface area contributed by atoms with Gasteiger partial charge in [-0.2, -0.15) is 4.39 Å².